The molecule has 1 fully saturated rings. The summed E-state index contributed by atoms with van der Waals surface area (Å²) in [6.07, 6.45) is 0.946. The number of amides is 1. The first kappa shape index (κ1) is 13.2. The maximum atomic E-state index is 11.4. The Morgan fingerprint density at radius 2 is 2.44 bits per heavy atom. The summed E-state index contributed by atoms with van der Waals surface area (Å²) in [5.41, 5.74) is 1.10. The van der Waals surface area contributed by atoms with Gasteiger partial charge in [0.2, 0.25) is 5.91 Å². The van der Waals surface area contributed by atoms with Gasteiger partial charge in [-0.1, -0.05) is 17.7 Å². The molecule has 0 bridgehead atoms. The minimum atomic E-state index is -0.0598. The molecule has 0 saturated carbocycles. The van der Waals surface area contributed by atoms with E-state index in [9.17, 15) is 4.79 Å². The lowest BCUT2D eigenvalue weighted by molar-refractivity contribution is -0.125. The third-order valence-corrected chi connectivity index (χ3v) is 3.24. The van der Waals surface area contributed by atoms with Crippen molar-refractivity contribution in [2.75, 3.05) is 31.7 Å². The molecule has 2 rings (SSSR count). The van der Waals surface area contributed by atoms with Gasteiger partial charge in [0.1, 0.15) is 6.61 Å². The van der Waals surface area contributed by atoms with Crippen molar-refractivity contribution >= 4 is 23.2 Å². The Labute approximate surface area is 112 Å². The number of carbonyl (C=O) groups excluding carboxylic acids is 1. The minimum absolute atomic E-state index is 0.0598. The molecule has 5 heteroatoms. The molecule has 0 unspecified atom stereocenters. The summed E-state index contributed by atoms with van der Waals surface area (Å²) < 4.78 is 4.80. The van der Waals surface area contributed by atoms with Crippen molar-refractivity contribution in [1.82, 2.24) is 5.32 Å². The smallest absolute Gasteiger partial charge is 0.246 e. The van der Waals surface area contributed by atoms with Crippen LogP contribution in [0.4, 0.5) is 5.69 Å². The average molecular weight is 269 g/mol. The van der Waals surface area contributed by atoms with Crippen LogP contribution in [0.15, 0.2) is 24.3 Å². The highest BCUT2D eigenvalue weighted by molar-refractivity contribution is 6.30. The van der Waals surface area contributed by atoms with Gasteiger partial charge in [0.05, 0.1) is 0 Å². The summed E-state index contributed by atoms with van der Waals surface area (Å²) in [5, 5.41) is 3.69. The Balaban J connectivity index is 1.90. The zero-order chi connectivity index (χ0) is 13.0. The van der Waals surface area contributed by atoms with Gasteiger partial charge in [0.15, 0.2) is 0 Å². The van der Waals surface area contributed by atoms with Crippen LogP contribution in [-0.4, -0.2) is 38.8 Å². The molecule has 4 nitrogen and oxygen atoms in total. The van der Waals surface area contributed by atoms with Crippen LogP contribution in [-0.2, 0) is 9.53 Å². The predicted molar refractivity (Wildman–Crippen MR) is 72.1 cm³/mol. The normalized spacial score (nSPS) is 19.0. The van der Waals surface area contributed by atoms with Crippen molar-refractivity contribution in [2.24, 2.45) is 0 Å². The van der Waals surface area contributed by atoms with Crippen LogP contribution in [0.1, 0.15) is 6.42 Å². The zero-order valence-corrected chi connectivity index (χ0v) is 11.1. The van der Waals surface area contributed by atoms with Crippen molar-refractivity contribution in [3.8, 4) is 0 Å². The summed E-state index contributed by atoms with van der Waals surface area (Å²) in [5.74, 6) is -0.0598. The van der Waals surface area contributed by atoms with Crippen molar-refractivity contribution in [2.45, 2.75) is 12.5 Å². The molecule has 1 amide bonds. The van der Waals surface area contributed by atoms with Crippen LogP contribution in [0.25, 0.3) is 0 Å². The fourth-order valence-corrected chi connectivity index (χ4v) is 2.37. The van der Waals surface area contributed by atoms with E-state index in [2.05, 4.69) is 10.2 Å². The van der Waals surface area contributed by atoms with Gasteiger partial charge < -0.3 is 15.0 Å². The quantitative estimate of drug-likeness (QED) is 0.903. The standard InChI is InChI=1S/C13H17ClN2O2/c1-18-9-13(17)15-11-5-6-16(8-11)12-4-2-3-10(14)7-12/h2-4,7,11H,5-6,8-9H2,1H3,(H,15,17)/t11-/m1/s1. The second kappa shape index (κ2) is 6.07. The van der Waals surface area contributed by atoms with E-state index in [-0.39, 0.29) is 18.6 Å². The number of methoxy groups -OCH3 is 1. The number of rotatable bonds is 4. The van der Waals surface area contributed by atoms with Crippen molar-refractivity contribution in [1.29, 1.82) is 0 Å². The molecule has 0 aliphatic carbocycles. The molecule has 1 aliphatic rings. The summed E-state index contributed by atoms with van der Waals surface area (Å²) >= 11 is 5.97. The van der Waals surface area contributed by atoms with E-state index in [1.54, 1.807) is 0 Å². The van der Waals surface area contributed by atoms with E-state index in [4.69, 9.17) is 16.3 Å². The van der Waals surface area contributed by atoms with E-state index in [0.29, 0.717) is 0 Å². The topological polar surface area (TPSA) is 41.6 Å². The van der Waals surface area contributed by atoms with Gasteiger partial charge in [-0.3, -0.25) is 4.79 Å². The fraction of sp³-hybridized carbons (Fsp3) is 0.462. The molecule has 1 aromatic carbocycles. The maximum Gasteiger partial charge on any atom is 0.246 e. The summed E-state index contributed by atoms with van der Waals surface area (Å²) in [6.45, 7) is 1.86. The van der Waals surface area contributed by atoms with E-state index >= 15 is 0 Å². The van der Waals surface area contributed by atoms with Crippen LogP contribution >= 0.6 is 11.6 Å². The number of hydrogen-bond donors (Lipinski definition) is 1. The number of halogens is 1. The Hall–Kier alpha value is -1.26. The number of benzene rings is 1. The maximum absolute atomic E-state index is 11.4. The second-order valence-corrected chi connectivity index (χ2v) is 4.85. The highest BCUT2D eigenvalue weighted by Crippen LogP contribution is 2.23. The first-order valence-corrected chi connectivity index (χ1v) is 6.35. The van der Waals surface area contributed by atoms with Gasteiger partial charge in [-0.15, -0.1) is 0 Å². The lowest BCUT2D eigenvalue weighted by Crippen LogP contribution is -2.38. The molecule has 1 aromatic rings. The number of nitrogens with zero attached hydrogens (tertiary/aromatic N) is 1. The molecule has 1 atom stereocenters. The summed E-state index contributed by atoms with van der Waals surface area (Å²) in [7, 11) is 1.52. The second-order valence-electron chi connectivity index (χ2n) is 4.41. The predicted octanol–water partition coefficient (Wildman–Crippen LogP) is 1.68. The summed E-state index contributed by atoms with van der Waals surface area (Å²) in [6, 6.07) is 7.96. The number of hydrogen-bond acceptors (Lipinski definition) is 3. The molecule has 0 aromatic heterocycles. The monoisotopic (exact) mass is 268 g/mol. The molecule has 98 valence electrons. The highest BCUT2D eigenvalue weighted by Gasteiger charge is 2.23. The Kier molecular flexibility index (Phi) is 4.44. The fourth-order valence-electron chi connectivity index (χ4n) is 2.19. The molecule has 1 saturated heterocycles. The molecular formula is C13H17ClN2O2. The lowest BCUT2D eigenvalue weighted by atomic mass is 10.2. The largest absolute Gasteiger partial charge is 0.375 e. The van der Waals surface area contributed by atoms with Crippen LogP contribution in [0, 0.1) is 0 Å². The van der Waals surface area contributed by atoms with Crippen LogP contribution in [0.2, 0.25) is 5.02 Å². The SMILES string of the molecule is COCC(=O)N[C@@H]1CCN(c2cccc(Cl)c2)C1. The Morgan fingerprint density at radius 1 is 1.61 bits per heavy atom. The van der Waals surface area contributed by atoms with E-state index in [1.165, 1.54) is 7.11 Å². The molecule has 0 spiro atoms. The molecule has 18 heavy (non-hydrogen) atoms. The van der Waals surface area contributed by atoms with Crippen LogP contribution in [0.3, 0.4) is 0 Å². The first-order valence-electron chi connectivity index (χ1n) is 5.98. The molecule has 0 radical (unpaired) electrons. The van der Waals surface area contributed by atoms with Gasteiger partial charge in [0.25, 0.3) is 0 Å². The van der Waals surface area contributed by atoms with E-state index in [1.807, 2.05) is 24.3 Å². The Morgan fingerprint density at radius 3 is 3.17 bits per heavy atom. The zero-order valence-electron chi connectivity index (χ0n) is 10.4. The van der Waals surface area contributed by atoms with Crippen LogP contribution < -0.4 is 10.2 Å². The molecular weight excluding hydrogens is 252 g/mol. The third-order valence-electron chi connectivity index (χ3n) is 3.00. The number of carbonyl (C=O) groups is 1. The first-order chi connectivity index (χ1) is 8.69. The van der Waals surface area contributed by atoms with E-state index in [0.717, 1.165) is 30.2 Å². The molecule has 1 N–H and O–H groups in total. The highest BCUT2D eigenvalue weighted by atomic mass is 35.5. The van der Waals surface area contributed by atoms with Gasteiger partial charge in [-0.05, 0) is 24.6 Å². The Bertz CT molecular complexity index is 425. The molecule has 1 aliphatic heterocycles. The van der Waals surface area contributed by atoms with Crippen molar-refractivity contribution < 1.29 is 9.53 Å². The summed E-state index contributed by atoms with van der Waals surface area (Å²) in [4.78, 5) is 13.6. The number of anilines is 1. The minimum Gasteiger partial charge on any atom is -0.375 e. The van der Waals surface area contributed by atoms with Gasteiger partial charge in [-0.2, -0.15) is 0 Å². The van der Waals surface area contributed by atoms with Gasteiger partial charge in [0, 0.05) is 37.0 Å². The molecule has 1 heterocycles. The number of ether oxygens (including phenoxy) is 1. The van der Waals surface area contributed by atoms with Gasteiger partial charge >= 0.3 is 0 Å². The lowest BCUT2D eigenvalue weighted by Gasteiger charge is -2.19. The van der Waals surface area contributed by atoms with Gasteiger partial charge in [-0.25, -0.2) is 0 Å². The van der Waals surface area contributed by atoms with E-state index < -0.39 is 0 Å². The third kappa shape index (κ3) is 3.37. The van der Waals surface area contributed by atoms with Crippen molar-refractivity contribution in [3.63, 3.8) is 0 Å². The number of nitrogens with one attached hydrogen (secondary N) is 1. The van der Waals surface area contributed by atoms with Crippen LogP contribution in [0.5, 0.6) is 0 Å². The van der Waals surface area contributed by atoms with Crippen molar-refractivity contribution in [3.05, 3.63) is 29.3 Å². The average Bonchev–Trinajstić information content (AvgIpc) is 2.78.